The summed E-state index contributed by atoms with van der Waals surface area (Å²) in [5.74, 6) is 0. The first-order chi connectivity index (χ1) is 7.84. The van der Waals surface area contributed by atoms with Gasteiger partial charge in [-0.25, -0.2) is 0 Å². The van der Waals surface area contributed by atoms with Crippen LogP contribution in [0.1, 0.15) is 24.8 Å². The number of aromatic nitrogens is 1. The van der Waals surface area contributed by atoms with Crippen LogP contribution in [0, 0.1) is 0 Å². The van der Waals surface area contributed by atoms with E-state index < -0.39 is 0 Å². The predicted molar refractivity (Wildman–Crippen MR) is 69.3 cm³/mol. The minimum atomic E-state index is 0.828. The first-order valence-electron chi connectivity index (χ1n) is 5.88. The van der Waals surface area contributed by atoms with Crippen LogP contribution in [0.2, 0.25) is 0 Å². The zero-order valence-corrected chi connectivity index (χ0v) is 11.0. The van der Waals surface area contributed by atoms with Crippen LogP contribution in [0.25, 0.3) is 0 Å². The summed E-state index contributed by atoms with van der Waals surface area (Å²) in [6.45, 7) is 3.09. The zero-order chi connectivity index (χ0) is 11.2. The number of rotatable bonds is 7. The van der Waals surface area contributed by atoms with Gasteiger partial charge in [0.2, 0.25) is 0 Å². The number of nitrogens with zero attached hydrogens (tertiary/aromatic N) is 1. The van der Waals surface area contributed by atoms with E-state index in [1.807, 2.05) is 12.4 Å². The maximum atomic E-state index is 4.13. The van der Waals surface area contributed by atoms with Gasteiger partial charge in [-0.05, 0) is 59.9 Å². The fourth-order valence-electron chi connectivity index (χ4n) is 1.59. The molecule has 0 amide bonds. The summed E-state index contributed by atoms with van der Waals surface area (Å²) in [6, 6.07) is 2.93. The molecule has 0 spiro atoms. The third-order valence-corrected chi connectivity index (χ3v) is 3.06. The normalized spacial score (nSPS) is 15.3. The molecule has 0 aliphatic heterocycles. The zero-order valence-electron chi connectivity index (χ0n) is 9.38. The van der Waals surface area contributed by atoms with Gasteiger partial charge in [0.1, 0.15) is 0 Å². The molecule has 0 aromatic carbocycles. The topological polar surface area (TPSA) is 37.0 Å². The molecule has 0 bridgehead atoms. The monoisotopic (exact) mass is 283 g/mol. The van der Waals surface area contributed by atoms with Gasteiger partial charge < -0.3 is 10.6 Å². The van der Waals surface area contributed by atoms with E-state index in [9.17, 15) is 0 Å². The highest BCUT2D eigenvalue weighted by Gasteiger charge is 2.19. The van der Waals surface area contributed by atoms with E-state index in [0.29, 0.717) is 0 Å². The Kier molecular flexibility index (Phi) is 4.75. The molecule has 0 unspecified atom stereocenters. The maximum absolute atomic E-state index is 4.13. The van der Waals surface area contributed by atoms with Crippen LogP contribution in [0.15, 0.2) is 22.9 Å². The largest absolute Gasteiger partial charge is 0.314 e. The minimum Gasteiger partial charge on any atom is -0.314 e. The lowest BCUT2D eigenvalue weighted by Crippen LogP contribution is -2.23. The quantitative estimate of drug-likeness (QED) is 0.753. The predicted octanol–water partition coefficient (Wildman–Crippen LogP) is 2.08. The van der Waals surface area contributed by atoms with E-state index in [1.165, 1.54) is 24.8 Å². The molecule has 4 heteroatoms. The van der Waals surface area contributed by atoms with Gasteiger partial charge in [-0.1, -0.05) is 0 Å². The number of halogens is 1. The van der Waals surface area contributed by atoms with E-state index in [-0.39, 0.29) is 0 Å². The van der Waals surface area contributed by atoms with E-state index in [2.05, 4.69) is 37.6 Å². The third kappa shape index (κ3) is 4.60. The van der Waals surface area contributed by atoms with E-state index in [0.717, 1.165) is 30.1 Å². The molecule has 1 saturated carbocycles. The van der Waals surface area contributed by atoms with Crippen molar-refractivity contribution in [2.24, 2.45) is 0 Å². The molecule has 16 heavy (non-hydrogen) atoms. The lowest BCUT2D eigenvalue weighted by molar-refractivity contribution is 0.592. The van der Waals surface area contributed by atoms with Gasteiger partial charge in [-0.15, -0.1) is 0 Å². The van der Waals surface area contributed by atoms with Gasteiger partial charge in [0.15, 0.2) is 0 Å². The number of hydrogen-bond donors (Lipinski definition) is 2. The first kappa shape index (κ1) is 12.0. The molecular weight excluding hydrogens is 266 g/mol. The van der Waals surface area contributed by atoms with Crippen LogP contribution in [-0.4, -0.2) is 24.1 Å². The standard InChI is InChI=1S/C12H18BrN3/c13-11-6-10(8-15-9-11)7-14-4-1-5-16-12-2-3-12/h6,8-9,12,14,16H,1-5,7H2. The van der Waals surface area contributed by atoms with Crippen molar-refractivity contribution in [3.05, 3.63) is 28.5 Å². The molecule has 0 radical (unpaired) electrons. The average Bonchev–Trinajstić information content (AvgIpc) is 3.07. The van der Waals surface area contributed by atoms with Crippen molar-refractivity contribution in [2.45, 2.75) is 31.8 Å². The fourth-order valence-corrected chi connectivity index (χ4v) is 2.00. The van der Waals surface area contributed by atoms with Crippen molar-refractivity contribution in [1.29, 1.82) is 0 Å². The Morgan fingerprint density at radius 2 is 2.19 bits per heavy atom. The third-order valence-electron chi connectivity index (χ3n) is 2.63. The highest BCUT2D eigenvalue weighted by molar-refractivity contribution is 9.10. The Bertz CT molecular complexity index is 326. The first-order valence-corrected chi connectivity index (χ1v) is 6.67. The molecule has 1 aliphatic rings. The Hall–Kier alpha value is -0.450. The van der Waals surface area contributed by atoms with Crippen LogP contribution in [-0.2, 0) is 6.54 Å². The van der Waals surface area contributed by atoms with Gasteiger partial charge in [-0.2, -0.15) is 0 Å². The van der Waals surface area contributed by atoms with E-state index >= 15 is 0 Å². The van der Waals surface area contributed by atoms with E-state index in [1.54, 1.807) is 0 Å². The summed E-state index contributed by atoms with van der Waals surface area (Å²) in [6.07, 6.45) is 7.65. The van der Waals surface area contributed by atoms with Crippen LogP contribution in [0.5, 0.6) is 0 Å². The number of hydrogen-bond acceptors (Lipinski definition) is 3. The molecule has 1 heterocycles. The van der Waals surface area contributed by atoms with Crippen LogP contribution in [0.3, 0.4) is 0 Å². The summed E-state index contributed by atoms with van der Waals surface area (Å²) in [5.41, 5.74) is 1.23. The minimum absolute atomic E-state index is 0.828. The van der Waals surface area contributed by atoms with Gasteiger partial charge in [0.25, 0.3) is 0 Å². The Balaban J connectivity index is 1.53. The lowest BCUT2D eigenvalue weighted by Gasteiger charge is -2.05. The summed E-state index contributed by atoms with van der Waals surface area (Å²) >= 11 is 3.42. The molecule has 2 N–H and O–H groups in total. The molecule has 1 aromatic rings. The molecule has 1 aromatic heterocycles. The molecule has 0 saturated heterocycles. The molecule has 3 nitrogen and oxygen atoms in total. The molecule has 88 valence electrons. The molecule has 1 fully saturated rings. The van der Waals surface area contributed by atoms with Gasteiger partial charge in [0, 0.05) is 29.5 Å². The second-order valence-electron chi connectivity index (χ2n) is 4.27. The molecule has 2 rings (SSSR count). The van der Waals surface area contributed by atoms with Gasteiger partial charge >= 0.3 is 0 Å². The van der Waals surface area contributed by atoms with Crippen LogP contribution >= 0.6 is 15.9 Å². The lowest BCUT2D eigenvalue weighted by atomic mass is 10.3. The molecule has 0 atom stereocenters. The van der Waals surface area contributed by atoms with Gasteiger partial charge in [0.05, 0.1) is 0 Å². The SMILES string of the molecule is Brc1cncc(CNCCCNC2CC2)c1. The highest BCUT2D eigenvalue weighted by atomic mass is 79.9. The van der Waals surface area contributed by atoms with Crippen LogP contribution in [0.4, 0.5) is 0 Å². The average molecular weight is 284 g/mol. The summed E-state index contributed by atoms with van der Waals surface area (Å²) in [7, 11) is 0. The van der Waals surface area contributed by atoms with Crippen molar-refractivity contribution in [1.82, 2.24) is 15.6 Å². The molecule has 1 aliphatic carbocycles. The Labute approximate surface area is 105 Å². The van der Waals surface area contributed by atoms with E-state index in [4.69, 9.17) is 0 Å². The number of nitrogens with one attached hydrogen (secondary N) is 2. The summed E-state index contributed by atoms with van der Waals surface area (Å²) in [5, 5.41) is 6.93. The second-order valence-corrected chi connectivity index (χ2v) is 5.19. The Morgan fingerprint density at radius 1 is 1.31 bits per heavy atom. The summed E-state index contributed by atoms with van der Waals surface area (Å²) < 4.78 is 1.04. The van der Waals surface area contributed by atoms with Crippen molar-refractivity contribution in [2.75, 3.05) is 13.1 Å². The Morgan fingerprint density at radius 3 is 2.94 bits per heavy atom. The highest BCUT2D eigenvalue weighted by Crippen LogP contribution is 2.18. The number of pyridine rings is 1. The fraction of sp³-hybridized carbons (Fsp3) is 0.583. The smallest absolute Gasteiger partial charge is 0.0410 e. The summed E-state index contributed by atoms with van der Waals surface area (Å²) in [4.78, 5) is 4.13. The second kappa shape index (κ2) is 6.33. The van der Waals surface area contributed by atoms with Crippen molar-refractivity contribution >= 4 is 15.9 Å². The van der Waals surface area contributed by atoms with Crippen molar-refractivity contribution in [3.8, 4) is 0 Å². The van der Waals surface area contributed by atoms with Gasteiger partial charge in [-0.3, -0.25) is 4.98 Å². The molecular formula is C12H18BrN3. The van der Waals surface area contributed by atoms with Crippen molar-refractivity contribution in [3.63, 3.8) is 0 Å². The van der Waals surface area contributed by atoms with Crippen LogP contribution < -0.4 is 10.6 Å². The maximum Gasteiger partial charge on any atom is 0.0410 e. The van der Waals surface area contributed by atoms with Crippen molar-refractivity contribution < 1.29 is 0 Å².